The van der Waals surface area contributed by atoms with E-state index in [1.54, 1.807) is 0 Å². The largest absolute Gasteiger partial charge is 0.481 e. The molecule has 0 aromatic rings. The molecule has 0 aliphatic heterocycles. The van der Waals surface area contributed by atoms with E-state index in [2.05, 4.69) is 0 Å². The van der Waals surface area contributed by atoms with Crippen molar-refractivity contribution >= 4 is 11.9 Å². The molecule has 1 amide bonds. The van der Waals surface area contributed by atoms with Gasteiger partial charge in [-0.2, -0.15) is 0 Å². The zero-order valence-corrected chi connectivity index (χ0v) is 7.27. The van der Waals surface area contributed by atoms with Crippen LogP contribution in [0.3, 0.4) is 0 Å². The average molecular weight is 183 g/mol. The first-order valence-corrected chi connectivity index (χ1v) is 4.63. The number of hydrogen-bond donors (Lipinski definition) is 2. The average Bonchev–Trinajstić information content (AvgIpc) is 2.60. The Hall–Kier alpha value is -1.06. The highest BCUT2D eigenvalue weighted by Crippen LogP contribution is 2.52. The van der Waals surface area contributed by atoms with Crippen molar-refractivity contribution in [1.82, 2.24) is 0 Å². The van der Waals surface area contributed by atoms with E-state index in [0.29, 0.717) is 0 Å². The van der Waals surface area contributed by atoms with Crippen molar-refractivity contribution in [3.05, 3.63) is 0 Å². The molecule has 0 unspecified atom stereocenters. The third-order valence-electron chi connectivity index (χ3n) is 3.53. The van der Waals surface area contributed by atoms with Gasteiger partial charge in [-0.25, -0.2) is 0 Å². The lowest BCUT2D eigenvalue weighted by atomic mass is 9.79. The van der Waals surface area contributed by atoms with E-state index < -0.39 is 23.7 Å². The second-order valence-corrected chi connectivity index (χ2v) is 4.13. The highest BCUT2D eigenvalue weighted by Gasteiger charge is 2.53. The monoisotopic (exact) mass is 183 g/mol. The molecule has 2 aliphatic carbocycles. The number of carboxylic acids is 1. The number of carbonyl (C=O) groups is 2. The Kier molecular flexibility index (Phi) is 1.78. The van der Waals surface area contributed by atoms with Crippen molar-refractivity contribution in [2.75, 3.05) is 0 Å². The summed E-state index contributed by atoms with van der Waals surface area (Å²) < 4.78 is 0. The van der Waals surface area contributed by atoms with Crippen molar-refractivity contribution in [2.45, 2.75) is 19.3 Å². The van der Waals surface area contributed by atoms with Gasteiger partial charge in [0.05, 0.1) is 11.8 Å². The van der Waals surface area contributed by atoms with Crippen LogP contribution in [0.15, 0.2) is 0 Å². The van der Waals surface area contributed by atoms with Gasteiger partial charge in [0.1, 0.15) is 0 Å². The molecule has 0 aromatic carbocycles. The van der Waals surface area contributed by atoms with Gasteiger partial charge in [-0.05, 0) is 31.1 Å². The summed E-state index contributed by atoms with van der Waals surface area (Å²) in [4.78, 5) is 22.0. The number of carbonyl (C=O) groups excluding carboxylic acids is 1. The summed E-state index contributed by atoms with van der Waals surface area (Å²) in [6.45, 7) is 0. The Morgan fingerprint density at radius 1 is 1.15 bits per heavy atom. The fourth-order valence-corrected chi connectivity index (χ4v) is 3.06. The smallest absolute Gasteiger partial charge is 0.307 e. The van der Waals surface area contributed by atoms with Crippen LogP contribution in [0.25, 0.3) is 0 Å². The van der Waals surface area contributed by atoms with Crippen LogP contribution in [0, 0.1) is 23.7 Å². The van der Waals surface area contributed by atoms with Crippen LogP contribution >= 0.6 is 0 Å². The molecule has 2 bridgehead atoms. The molecule has 72 valence electrons. The van der Waals surface area contributed by atoms with E-state index >= 15 is 0 Å². The van der Waals surface area contributed by atoms with Gasteiger partial charge in [-0.3, -0.25) is 9.59 Å². The van der Waals surface area contributed by atoms with E-state index in [1.807, 2.05) is 0 Å². The third-order valence-corrected chi connectivity index (χ3v) is 3.53. The van der Waals surface area contributed by atoms with Gasteiger partial charge in [0.2, 0.25) is 5.91 Å². The molecule has 2 saturated carbocycles. The van der Waals surface area contributed by atoms with E-state index in [0.717, 1.165) is 19.3 Å². The van der Waals surface area contributed by atoms with Crippen molar-refractivity contribution in [1.29, 1.82) is 0 Å². The minimum absolute atomic E-state index is 0.194. The molecule has 0 saturated heterocycles. The summed E-state index contributed by atoms with van der Waals surface area (Å²) in [6, 6.07) is 0. The predicted molar refractivity (Wildman–Crippen MR) is 44.6 cm³/mol. The van der Waals surface area contributed by atoms with Crippen LogP contribution in [-0.2, 0) is 9.59 Å². The number of nitrogens with two attached hydrogens (primary N) is 1. The summed E-state index contributed by atoms with van der Waals surface area (Å²) in [5.74, 6) is -1.76. The Balaban J connectivity index is 2.24. The molecule has 2 aliphatic rings. The van der Waals surface area contributed by atoms with E-state index in [-0.39, 0.29) is 11.8 Å². The fourth-order valence-electron chi connectivity index (χ4n) is 3.06. The van der Waals surface area contributed by atoms with E-state index in [9.17, 15) is 9.59 Å². The van der Waals surface area contributed by atoms with Gasteiger partial charge < -0.3 is 10.8 Å². The van der Waals surface area contributed by atoms with Crippen molar-refractivity contribution < 1.29 is 14.7 Å². The number of hydrogen-bond acceptors (Lipinski definition) is 2. The van der Waals surface area contributed by atoms with Crippen LogP contribution in [0.4, 0.5) is 0 Å². The maximum atomic E-state index is 11.1. The van der Waals surface area contributed by atoms with Gasteiger partial charge in [0.15, 0.2) is 0 Å². The van der Waals surface area contributed by atoms with Gasteiger partial charge in [0.25, 0.3) is 0 Å². The Morgan fingerprint density at radius 2 is 1.69 bits per heavy atom. The quantitative estimate of drug-likeness (QED) is 0.642. The summed E-state index contributed by atoms with van der Waals surface area (Å²) in [5, 5.41) is 8.95. The number of rotatable bonds is 2. The highest BCUT2D eigenvalue weighted by molar-refractivity contribution is 5.85. The standard InChI is InChI=1S/C9H13NO3/c10-8(11)6-4-1-2-5(3-4)7(6)9(12)13/h4-7H,1-3H2,(H2,10,11)(H,12,13)/t4-,5+,6+,7-/m1/s1. The molecule has 13 heavy (non-hydrogen) atoms. The molecule has 2 fully saturated rings. The summed E-state index contributed by atoms with van der Waals surface area (Å²) in [7, 11) is 0. The Labute approximate surface area is 76.1 Å². The van der Waals surface area contributed by atoms with Crippen molar-refractivity contribution in [2.24, 2.45) is 29.4 Å². The number of amides is 1. The van der Waals surface area contributed by atoms with Crippen LogP contribution in [0.1, 0.15) is 19.3 Å². The summed E-state index contributed by atoms with van der Waals surface area (Å²) >= 11 is 0. The zero-order chi connectivity index (χ0) is 9.59. The van der Waals surface area contributed by atoms with Gasteiger partial charge in [-0.1, -0.05) is 0 Å². The number of carboxylic acid groups (broad SMARTS) is 1. The topological polar surface area (TPSA) is 80.4 Å². The molecule has 0 aromatic heterocycles. The highest BCUT2D eigenvalue weighted by atomic mass is 16.4. The number of primary amides is 1. The van der Waals surface area contributed by atoms with Gasteiger partial charge >= 0.3 is 5.97 Å². The van der Waals surface area contributed by atoms with Crippen LogP contribution in [0.2, 0.25) is 0 Å². The normalized spacial score (nSPS) is 42.2. The predicted octanol–water partition coefficient (Wildman–Crippen LogP) is 0.219. The lowest BCUT2D eigenvalue weighted by Gasteiger charge is -2.24. The molecule has 2 rings (SSSR count). The lowest BCUT2D eigenvalue weighted by Crippen LogP contribution is -2.38. The Morgan fingerprint density at radius 3 is 2.08 bits per heavy atom. The van der Waals surface area contributed by atoms with Gasteiger partial charge in [0, 0.05) is 0 Å². The summed E-state index contributed by atoms with van der Waals surface area (Å²) in [5.41, 5.74) is 5.21. The zero-order valence-electron chi connectivity index (χ0n) is 7.27. The number of fused-ring (bicyclic) bond motifs is 2. The van der Waals surface area contributed by atoms with Gasteiger partial charge in [-0.15, -0.1) is 0 Å². The molecular formula is C9H13NO3. The second kappa shape index (κ2) is 2.72. The molecule has 4 atom stereocenters. The van der Waals surface area contributed by atoms with Crippen LogP contribution in [0.5, 0.6) is 0 Å². The maximum Gasteiger partial charge on any atom is 0.307 e. The van der Waals surface area contributed by atoms with Crippen molar-refractivity contribution in [3.8, 4) is 0 Å². The molecule has 4 nitrogen and oxygen atoms in total. The van der Waals surface area contributed by atoms with Crippen LogP contribution in [-0.4, -0.2) is 17.0 Å². The van der Waals surface area contributed by atoms with E-state index in [4.69, 9.17) is 10.8 Å². The first-order chi connectivity index (χ1) is 6.11. The SMILES string of the molecule is NC(=O)[C@H]1[C@@H]2CC[C@@H](C2)[C@H]1C(=O)O. The fraction of sp³-hybridized carbons (Fsp3) is 0.778. The lowest BCUT2D eigenvalue weighted by molar-refractivity contribution is -0.148. The Bertz CT molecular complexity index is 238. The molecule has 0 radical (unpaired) electrons. The molecule has 0 heterocycles. The van der Waals surface area contributed by atoms with Crippen LogP contribution < -0.4 is 5.73 Å². The minimum Gasteiger partial charge on any atom is -0.481 e. The third kappa shape index (κ3) is 1.12. The van der Waals surface area contributed by atoms with E-state index in [1.165, 1.54) is 0 Å². The molecule has 0 spiro atoms. The van der Waals surface area contributed by atoms with Crippen molar-refractivity contribution in [3.63, 3.8) is 0 Å². The molecular weight excluding hydrogens is 170 g/mol. The molecule has 3 N–H and O–H groups in total. The first kappa shape index (κ1) is 8.53. The summed E-state index contributed by atoms with van der Waals surface area (Å²) in [6.07, 6.45) is 2.80. The first-order valence-electron chi connectivity index (χ1n) is 4.63. The minimum atomic E-state index is -0.851. The molecule has 4 heteroatoms. The second-order valence-electron chi connectivity index (χ2n) is 4.13. The number of aliphatic carboxylic acids is 1. The maximum absolute atomic E-state index is 11.1.